The van der Waals surface area contributed by atoms with E-state index >= 15 is 0 Å². The average Bonchev–Trinajstić information content (AvgIpc) is 2.46. The lowest BCUT2D eigenvalue weighted by Crippen LogP contribution is -2.43. The third-order valence-corrected chi connectivity index (χ3v) is 3.02. The molecular formula is C14H20FN3O3. The monoisotopic (exact) mass is 297 g/mol. The molecule has 0 aliphatic heterocycles. The summed E-state index contributed by atoms with van der Waals surface area (Å²) < 4.78 is 19.2. The van der Waals surface area contributed by atoms with E-state index < -0.39 is 23.9 Å². The van der Waals surface area contributed by atoms with E-state index in [1.54, 1.807) is 19.2 Å². The Morgan fingerprint density at radius 1 is 1.24 bits per heavy atom. The van der Waals surface area contributed by atoms with Crippen LogP contribution >= 0.6 is 0 Å². The van der Waals surface area contributed by atoms with Crippen LogP contribution < -0.4 is 20.7 Å². The number of hydrogen-bond donors (Lipinski definition) is 3. The molecule has 116 valence electrons. The fourth-order valence-electron chi connectivity index (χ4n) is 1.62. The van der Waals surface area contributed by atoms with Crippen LogP contribution in [-0.4, -0.2) is 32.1 Å². The Bertz CT molecular complexity index is 522. The summed E-state index contributed by atoms with van der Waals surface area (Å²) >= 11 is 0. The minimum absolute atomic E-state index is 0.131. The van der Waals surface area contributed by atoms with Crippen LogP contribution in [-0.2, 0) is 4.79 Å². The first-order chi connectivity index (χ1) is 9.88. The van der Waals surface area contributed by atoms with Crippen molar-refractivity contribution in [1.29, 1.82) is 0 Å². The van der Waals surface area contributed by atoms with Crippen LogP contribution in [0.5, 0.6) is 5.75 Å². The Morgan fingerprint density at radius 3 is 2.43 bits per heavy atom. The lowest BCUT2D eigenvalue weighted by atomic mass is 10.1. The van der Waals surface area contributed by atoms with Gasteiger partial charge in [0, 0.05) is 24.7 Å². The average molecular weight is 297 g/mol. The molecule has 7 heteroatoms. The van der Waals surface area contributed by atoms with Gasteiger partial charge in [0.15, 0.2) is 6.10 Å². The molecule has 1 aromatic rings. The first kappa shape index (κ1) is 16.9. The van der Waals surface area contributed by atoms with E-state index in [4.69, 9.17) is 4.74 Å². The van der Waals surface area contributed by atoms with Gasteiger partial charge >= 0.3 is 6.03 Å². The lowest BCUT2D eigenvalue weighted by molar-refractivity contribution is -0.126. The molecule has 0 aliphatic rings. The normalized spacial score (nSPS) is 13.2. The summed E-state index contributed by atoms with van der Waals surface area (Å²) in [5, 5.41) is 7.28. The molecule has 1 rings (SSSR count). The Hall–Kier alpha value is -2.15. The number of imide groups is 1. The topological polar surface area (TPSA) is 79.5 Å². The molecule has 0 spiro atoms. The van der Waals surface area contributed by atoms with E-state index in [9.17, 15) is 14.0 Å². The summed E-state index contributed by atoms with van der Waals surface area (Å²) in [4.78, 5) is 22.6. The highest BCUT2D eigenvalue weighted by Crippen LogP contribution is 2.22. The zero-order valence-corrected chi connectivity index (χ0v) is 12.5. The van der Waals surface area contributed by atoms with E-state index in [-0.39, 0.29) is 11.8 Å². The number of benzene rings is 1. The molecule has 0 bridgehead atoms. The van der Waals surface area contributed by atoms with E-state index in [0.717, 1.165) is 0 Å². The largest absolute Gasteiger partial charge is 0.481 e. The molecule has 0 saturated heterocycles. The van der Waals surface area contributed by atoms with Crippen molar-refractivity contribution in [3.05, 3.63) is 29.6 Å². The van der Waals surface area contributed by atoms with Crippen LogP contribution in [0, 0.1) is 5.82 Å². The Morgan fingerprint density at radius 2 is 1.90 bits per heavy atom. The highest BCUT2D eigenvalue weighted by Gasteiger charge is 2.18. The van der Waals surface area contributed by atoms with Gasteiger partial charge in [0.2, 0.25) is 0 Å². The molecule has 0 saturated carbocycles. The number of rotatable bonds is 5. The van der Waals surface area contributed by atoms with Crippen LogP contribution in [0.3, 0.4) is 0 Å². The van der Waals surface area contributed by atoms with Crippen molar-refractivity contribution in [2.45, 2.75) is 26.0 Å². The molecule has 21 heavy (non-hydrogen) atoms. The van der Waals surface area contributed by atoms with E-state index in [1.807, 2.05) is 6.92 Å². The smallest absolute Gasteiger partial charge is 0.321 e. The number of carbonyl (C=O) groups excluding carboxylic acids is 2. The zero-order chi connectivity index (χ0) is 16.0. The Balaban J connectivity index is 2.73. The maximum Gasteiger partial charge on any atom is 0.321 e. The predicted molar refractivity (Wildman–Crippen MR) is 76.6 cm³/mol. The van der Waals surface area contributed by atoms with Crippen molar-refractivity contribution >= 4 is 11.9 Å². The molecular weight excluding hydrogens is 277 g/mol. The van der Waals surface area contributed by atoms with Crippen molar-refractivity contribution in [1.82, 2.24) is 16.0 Å². The molecule has 0 aliphatic carbocycles. The molecule has 3 amide bonds. The van der Waals surface area contributed by atoms with Crippen molar-refractivity contribution in [3.8, 4) is 5.75 Å². The van der Waals surface area contributed by atoms with Gasteiger partial charge in [0.1, 0.15) is 11.6 Å². The first-order valence-electron chi connectivity index (χ1n) is 6.55. The van der Waals surface area contributed by atoms with E-state index in [2.05, 4.69) is 16.0 Å². The summed E-state index contributed by atoms with van der Waals surface area (Å²) in [6, 6.07) is 3.63. The second kappa shape index (κ2) is 7.58. The first-order valence-corrected chi connectivity index (χ1v) is 6.55. The molecule has 0 aromatic heterocycles. The number of halogens is 1. The third kappa shape index (κ3) is 4.71. The van der Waals surface area contributed by atoms with Crippen LogP contribution in [0.15, 0.2) is 18.2 Å². The number of amides is 3. The van der Waals surface area contributed by atoms with Gasteiger partial charge in [-0.1, -0.05) is 6.07 Å². The number of ether oxygens (including phenoxy) is 1. The standard InChI is InChI=1S/C14H20FN3O3/c1-8(16-3)11-6-5-10(7-12(11)15)21-9(2)13(19)18-14(20)17-4/h5-9,16H,1-4H3,(H2,17,18,19,20). The summed E-state index contributed by atoms with van der Waals surface area (Å²) in [6.45, 7) is 3.30. The number of urea groups is 1. The van der Waals surface area contributed by atoms with Crippen LogP contribution in [0.25, 0.3) is 0 Å². The summed E-state index contributed by atoms with van der Waals surface area (Å²) in [7, 11) is 3.13. The molecule has 6 nitrogen and oxygen atoms in total. The van der Waals surface area contributed by atoms with Crippen molar-refractivity contribution < 1.29 is 18.7 Å². The van der Waals surface area contributed by atoms with Gasteiger partial charge in [-0.3, -0.25) is 10.1 Å². The summed E-state index contributed by atoms with van der Waals surface area (Å²) in [5.74, 6) is -0.810. The SMILES string of the molecule is CNC(=O)NC(=O)C(C)Oc1ccc(C(C)NC)c(F)c1. The fourth-order valence-corrected chi connectivity index (χ4v) is 1.62. The van der Waals surface area contributed by atoms with Crippen molar-refractivity contribution in [3.63, 3.8) is 0 Å². The fraction of sp³-hybridized carbons (Fsp3) is 0.429. The van der Waals surface area contributed by atoms with Crippen molar-refractivity contribution in [2.75, 3.05) is 14.1 Å². The number of nitrogens with one attached hydrogen (secondary N) is 3. The molecule has 0 fully saturated rings. The summed E-state index contributed by atoms with van der Waals surface area (Å²) in [5.41, 5.74) is 0.507. The molecule has 3 N–H and O–H groups in total. The molecule has 1 aromatic carbocycles. The highest BCUT2D eigenvalue weighted by molar-refractivity contribution is 5.96. The van der Waals surface area contributed by atoms with Gasteiger partial charge in [-0.25, -0.2) is 9.18 Å². The van der Waals surface area contributed by atoms with Gasteiger partial charge in [-0.15, -0.1) is 0 Å². The van der Waals surface area contributed by atoms with E-state index in [0.29, 0.717) is 5.56 Å². The van der Waals surface area contributed by atoms with Gasteiger partial charge in [0.05, 0.1) is 0 Å². The van der Waals surface area contributed by atoms with Crippen LogP contribution in [0.2, 0.25) is 0 Å². The van der Waals surface area contributed by atoms with Gasteiger partial charge in [-0.05, 0) is 27.0 Å². The second-order valence-electron chi connectivity index (χ2n) is 4.52. The molecule has 2 atom stereocenters. The van der Waals surface area contributed by atoms with E-state index in [1.165, 1.54) is 20.0 Å². The minimum atomic E-state index is -0.922. The van der Waals surface area contributed by atoms with Gasteiger partial charge in [-0.2, -0.15) is 0 Å². The Kier molecular flexibility index (Phi) is 6.10. The minimum Gasteiger partial charge on any atom is -0.481 e. The third-order valence-electron chi connectivity index (χ3n) is 3.02. The Labute approximate surface area is 123 Å². The number of hydrogen-bond acceptors (Lipinski definition) is 4. The summed E-state index contributed by atoms with van der Waals surface area (Å²) in [6.07, 6.45) is -0.922. The predicted octanol–water partition coefficient (Wildman–Crippen LogP) is 1.33. The van der Waals surface area contributed by atoms with Gasteiger partial charge in [0.25, 0.3) is 5.91 Å². The second-order valence-corrected chi connectivity index (χ2v) is 4.52. The zero-order valence-electron chi connectivity index (χ0n) is 12.5. The van der Waals surface area contributed by atoms with Crippen molar-refractivity contribution in [2.24, 2.45) is 0 Å². The number of carbonyl (C=O) groups is 2. The molecule has 0 heterocycles. The quantitative estimate of drug-likeness (QED) is 0.766. The maximum atomic E-state index is 13.9. The lowest BCUT2D eigenvalue weighted by Gasteiger charge is -2.16. The van der Waals surface area contributed by atoms with Crippen LogP contribution in [0.4, 0.5) is 9.18 Å². The molecule has 2 unspecified atom stereocenters. The molecule has 0 radical (unpaired) electrons. The van der Waals surface area contributed by atoms with Crippen LogP contribution in [0.1, 0.15) is 25.5 Å². The maximum absolute atomic E-state index is 13.9. The highest BCUT2D eigenvalue weighted by atomic mass is 19.1. The van der Waals surface area contributed by atoms with Gasteiger partial charge < -0.3 is 15.4 Å².